The first-order chi connectivity index (χ1) is 12.9. The second kappa shape index (κ2) is 9.76. The third-order valence-electron chi connectivity index (χ3n) is 4.17. The minimum Gasteiger partial charge on any atom is -0.491 e. The summed E-state index contributed by atoms with van der Waals surface area (Å²) in [6, 6.07) is 14.3. The SMILES string of the molecule is CC[C@H](C)c1ccc(NC(=O)COC(=O)c2ccc(OC(C)C)cc2)cc1. The normalized spacial score (nSPS) is 11.7. The summed E-state index contributed by atoms with van der Waals surface area (Å²) in [7, 11) is 0. The van der Waals surface area contributed by atoms with Gasteiger partial charge in [-0.05, 0) is 68.1 Å². The van der Waals surface area contributed by atoms with E-state index in [2.05, 4.69) is 19.2 Å². The number of nitrogens with one attached hydrogen (secondary N) is 1. The van der Waals surface area contributed by atoms with Crippen molar-refractivity contribution < 1.29 is 19.1 Å². The van der Waals surface area contributed by atoms with Crippen LogP contribution in [0.1, 0.15) is 56.0 Å². The molecule has 27 heavy (non-hydrogen) atoms. The van der Waals surface area contributed by atoms with Gasteiger partial charge in [-0.15, -0.1) is 0 Å². The van der Waals surface area contributed by atoms with Gasteiger partial charge < -0.3 is 14.8 Å². The number of amides is 1. The van der Waals surface area contributed by atoms with Gasteiger partial charge in [-0.25, -0.2) is 4.79 Å². The zero-order valence-electron chi connectivity index (χ0n) is 16.3. The van der Waals surface area contributed by atoms with Gasteiger partial charge in [-0.1, -0.05) is 26.0 Å². The molecule has 0 fully saturated rings. The summed E-state index contributed by atoms with van der Waals surface area (Å²) in [5, 5.41) is 2.73. The summed E-state index contributed by atoms with van der Waals surface area (Å²) in [6.07, 6.45) is 1.12. The zero-order valence-corrected chi connectivity index (χ0v) is 16.3. The Balaban J connectivity index is 1.83. The zero-order chi connectivity index (χ0) is 19.8. The summed E-state index contributed by atoms with van der Waals surface area (Å²) in [5.74, 6) is 0.237. The molecule has 0 aliphatic heterocycles. The molecule has 144 valence electrons. The van der Waals surface area contributed by atoms with E-state index in [0.717, 1.165) is 6.42 Å². The van der Waals surface area contributed by atoms with Crippen molar-refractivity contribution in [2.45, 2.75) is 46.1 Å². The molecule has 0 unspecified atom stereocenters. The largest absolute Gasteiger partial charge is 0.491 e. The molecular formula is C22H27NO4. The molecule has 5 heteroatoms. The first-order valence-corrected chi connectivity index (χ1v) is 9.22. The summed E-state index contributed by atoms with van der Waals surface area (Å²) < 4.78 is 10.6. The van der Waals surface area contributed by atoms with Gasteiger partial charge in [0.05, 0.1) is 11.7 Å². The predicted octanol–water partition coefficient (Wildman–Crippen LogP) is 4.78. The summed E-state index contributed by atoms with van der Waals surface area (Å²) >= 11 is 0. The molecule has 0 spiro atoms. The van der Waals surface area contributed by atoms with Crippen molar-refractivity contribution in [1.82, 2.24) is 0 Å². The lowest BCUT2D eigenvalue weighted by Crippen LogP contribution is -2.21. The van der Waals surface area contributed by atoms with E-state index >= 15 is 0 Å². The van der Waals surface area contributed by atoms with Gasteiger partial charge in [0, 0.05) is 5.69 Å². The van der Waals surface area contributed by atoms with Crippen LogP contribution in [0.15, 0.2) is 48.5 Å². The maximum Gasteiger partial charge on any atom is 0.338 e. The van der Waals surface area contributed by atoms with Crippen molar-refractivity contribution in [3.8, 4) is 5.75 Å². The molecule has 0 aliphatic rings. The van der Waals surface area contributed by atoms with Gasteiger partial charge >= 0.3 is 5.97 Å². The van der Waals surface area contributed by atoms with Gasteiger partial charge in [0.25, 0.3) is 5.91 Å². The molecule has 0 heterocycles. The van der Waals surface area contributed by atoms with Gasteiger partial charge in [0.1, 0.15) is 5.75 Å². The lowest BCUT2D eigenvalue weighted by atomic mass is 9.99. The van der Waals surface area contributed by atoms with Gasteiger partial charge in [0.15, 0.2) is 6.61 Å². The highest BCUT2D eigenvalue weighted by atomic mass is 16.5. The summed E-state index contributed by atoms with van der Waals surface area (Å²) in [5.41, 5.74) is 2.28. The number of anilines is 1. The number of esters is 1. The van der Waals surface area contributed by atoms with Crippen LogP contribution in [0, 0.1) is 0 Å². The Morgan fingerprint density at radius 2 is 1.59 bits per heavy atom. The van der Waals surface area contributed by atoms with E-state index in [-0.39, 0.29) is 18.6 Å². The average molecular weight is 369 g/mol. The molecule has 1 atom stereocenters. The molecule has 1 N–H and O–H groups in total. The smallest absolute Gasteiger partial charge is 0.338 e. The Labute approximate surface area is 160 Å². The molecule has 2 aromatic rings. The fourth-order valence-corrected chi connectivity index (χ4v) is 2.48. The standard InChI is InChI=1S/C22H27NO4/c1-5-16(4)17-6-10-19(11-7-17)23-21(24)14-26-22(25)18-8-12-20(13-9-18)27-15(2)3/h6-13,15-16H,5,14H2,1-4H3,(H,23,24)/t16-/m0/s1. The topological polar surface area (TPSA) is 64.6 Å². The molecule has 0 bridgehead atoms. The van der Waals surface area contributed by atoms with Crippen LogP contribution < -0.4 is 10.1 Å². The van der Waals surface area contributed by atoms with E-state index in [9.17, 15) is 9.59 Å². The number of carbonyl (C=O) groups is 2. The van der Waals surface area contributed by atoms with E-state index in [0.29, 0.717) is 22.9 Å². The fraction of sp³-hybridized carbons (Fsp3) is 0.364. The molecule has 0 radical (unpaired) electrons. The second-order valence-electron chi connectivity index (χ2n) is 6.75. The predicted molar refractivity (Wildman–Crippen MR) is 106 cm³/mol. The molecular weight excluding hydrogens is 342 g/mol. The molecule has 2 rings (SSSR count). The van der Waals surface area contributed by atoms with Crippen LogP contribution in [-0.4, -0.2) is 24.6 Å². The van der Waals surface area contributed by atoms with Crippen LogP contribution in [-0.2, 0) is 9.53 Å². The first-order valence-electron chi connectivity index (χ1n) is 9.22. The molecule has 5 nitrogen and oxygen atoms in total. The third kappa shape index (κ3) is 6.44. The monoisotopic (exact) mass is 369 g/mol. The van der Waals surface area contributed by atoms with Gasteiger partial charge in [-0.2, -0.15) is 0 Å². The van der Waals surface area contributed by atoms with E-state index in [4.69, 9.17) is 9.47 Å². The Morgan fingerprint density at radius 3 is 2.15 bits per heavy atom. The quantitative estimate of drug-likeness (QED) is 0.680. The molecule has 0 aliphatic carbocycles. The highest BCUT2D eigenvalue weighted by molar-refractivity contribution is 5.95. The lowest BCUT2D eigenvalue weighted by Gasteiger charge is -2.11. The van der Waals surface area contributed by atoms with Crippen LogP contribution in [0.5, 0.6) is 5.75 Å². The van der Waals surface area contributed by atoms with Crippen molar-refractivity contribution in [3.63, 3.8) is 0 Å². The third-order valence-corrected chi connectivity index (χ3v) is 4.17. The van der Waals surface area contributed by atoms with Crippen LogP contribution in [0.4, 0.5) is 5.69 Å². The maximum atomic E-state index is 12.0. The average Bonchev–Trinajstić information content (AvgIpc) is 2.66. The fourth-order valence-electron chi connectivity index (χ4n) is 2.48. The van der Waals surface area contributed by atoms with E-state index < -0.39 is 5.97 Å². The number of carbonyl (C=O) groups excluding carboxylic acids is 2. The molecule has 1 amide bonds. The molecule has 0 aromatic heterocycles. The Bertz CT molecular complexity index is 751. The number of hydrogen-bond acceptors (Lipinski definition) is 4. The van der Waals surface area contributed by atoms with Crippen molar-refractivity contribution in [3.05, 3.63) is 59.7 Å². The summed E-state index contributed by atoms with van der Waals surface area (Å²) in [6.45, 7) is 7.82. The highest BCUT2D eigenvalue weighted by Gasteiger charge is 2.11. The van der Waals surface area contributed by atoms with Crippen LogP contribution in [0.2, 0.25) is 0 Å². The number of benzene rings is 2. The van der Waals surface area contributed by atoms with Crippen LogP contribution >= 0.6 is 0 Å². The Hall–Kier alpha value is -2.82. The number of ether oxygens (including phenoxy) is 2. The molecule has 0 saturated carbocycles. The second-order valence-corrected chi connectivity index (χ2v) is 6.75. The minimum atomic E-state index is -0.548. The van der Waals surface area contributed by atoms with Crippen molar-refractivity contribution >= 4 is 17.6 Å². The van der Waals surface area contributed by atoms with Gasteiger partial charge in [0.2, 0.25) is 0 Å². The van der Waals surface area contributed by atoms with E-state index in [1.807, 2.05) is 38.1 Å². The minimum absolute atomic E-state index is 0.0609. The number of rotatable bonds is 8. The number of hydrogen-bond donors (Lipinski definition) is 1. The molecule has 2 aromatic carbocycles. The van der Waals surface area contributed by atoms with Crippen LogP contribution in [0.25, 0.3) is 0 Å². The van der Waals surface area contributed by atoms with E-state index in [1.165, 1.54) is 5.56 Å². The van der Waals surface area contributed by atoms with Crippen LogP contribution in [0.3, 0.4) is 0 Å². The van der Waals surface area contributed by atoms with E-state index in [1.54, 1.807) is 24.3 Å². The highest BCUT2D eigenvalue weighted by Crippen LogP contribution is 2.20. The Kier molecular flexibility index (Phi) is 7.41. The first kappa shape index (κ1) is 20.5. The maximum absolute atomic E-state index is 12.0. The Morgan fingerprint density at radius 1 is 0.963 bits per heavy atom. The lowest BCUT2D eigenvalue weighted by molar-refractivity contribution is -0.119. The van der Waals surface area contributed by atoms with Crippen molar-refractivity contribution in [1.29, 1.82) is 0 Å². The van der Waals surface area contributed by atoms with Crippen molar-refractivity contribution in [2.24, 2.45) is 0 Å². The summed E-state index contributed by atoms with van der Waals surface area (Å²) in [4.78, 5) is 24.0. The molecule has 0 saturated heterocycles. The van der Waals surface area contributed by atoms with Crippen molar-refractivity contribution in [2.75, 3.05) is 11.9 Å². The van der Waals surface area contributed by atoms with Gasteiger partial charge in [-0.3, -0.25) is 4.79 Å².